The summed E-state index contributed by atoms with van der Waals surface area (Å²) in [6.45, 7) is 2.14. The maximum atomic E-state index is 12.6. The topological polar surface area (TPSA) is 87.0 Å². The highest BCUT2D eigenvalue weighted by Gasteiger charge is 2.25. The van der Waals surface area contributed by atoms with Crippen molar-refractivity contribution < 1.29 is 13.2 Å². The van der Waals surface area contributed by atoms with Gasteiger partial charge in [0.1, 0.15) is 11.5 Å². The van der Waals surface area contributed by atoms with Gasteiger partial charge in [-0.25, -0.2) is 13.4 Å². The molecule has 146 valence electrons. The van der Waals surface area contributed by atoms with Crippen LogP contribution in [0.3, 0.4) is 0 Å². The number of hydrogen-bond acceptors (Lipinski definition) is 5. The number of carbonyl (C=O) groups is 1. The van der Waals surface area contributed by atoms with E-state index in [0.717, 1.165) is 24.3 Å². The summed E-state index contributed by atoms with van der Waals surface area (Å²) < 4.78 is 26.8. The lowest BCUT2D eigenvalue weighted by molar-refractivity contribution is 0.0937. The van der Waals surface area contributed by atoms with Crippen LogP contribution in [0.1, 0.15) is 36.0 Å². The number of piperazine rings is 1. The van der Waals surface area contributed by atoms with Crippen molar-refractivity contribution in [2.75, 3.05) is 37.3 Å². The Morgan fingerprint density at radius 1 is 1.15 bits per heavy atom. The van der Waals surface area contributed by atoms with Crippen LogP contribution in [-0.2, 0) is 10.0 Å². The second-order valence-corrected chi connectivity index (χ2v) is 9.35. The summed E-state index contributed by atoms with van der Waals surface area (Å²) in [5, 5.41) is 3.09. The Balaban J connectivity index is 1.53. The van der Waals surface area contributed by atoms with E-state index in [9.17, 15) is 13.2 Å². The third-order valence-corrected chi connectivity index (χ3v) is 6.77. The van der Waals surface area contributed by atoms with Crippen molar-refractivity contribution >= 4 is 27.4 Å². The molecular formula is C18H25N5O3S. The standard InChI is InChI=1S/C18H25N5O3S/c1-27(25,26)22-10-8-21(9-11-22)17-7-6-16-19-12-14(13-23(16)17)18(24)20-15-4-2-3-5-15/h6-7,12-13,15H,2-5,8-11H2,1H3,(H,20,24). The van der Waals surface area contributed by atoms with Gasteiger partial charge in [-0.3, -0.25) is 9.20 Å². The number of nitrogens with zero attached hydrogens (tertiary/aromatic N) is 4. The molecule has 1 amide bonds. The SMILES string of the molecule is CS(=O)(=O)N1CCN(c2ccc3ncc(C(=O)NC4CCCC4)cn23)CC1. The third-order valence-electron chi connectivity index (χ3n) is 5.46. The Hall–Kier alpha value is -2.13. The predicted molar refractivity (Wildman–Crippen MR) is 104 cm³/mol. The Bertz CT molecular complexity index is 941. The summed E-state index contributed by atoms with van der Waals surface area (Å²) in [5.41, 5.74) is 1.31. The van der Waals surface area contributed by atoms with E-state index in [0.29, 0.717) is 31.7 Å². The second kappa shape index (κ2) is 7.12. The number of rotatable bonds is 4. The maximum absolute atomic E-state index is 12.6. The quantitative estimate of drug-likeness (QED) is 0.843. The summed E-state index contributed by atoms with van der Waals surface area (Å²) in [7, 11) is -3.16. The number of nitrogens with one attached hydrogen (secondary N) is 1. The second-order valence-electron chi connectivity index (χ2n) is 7.37. The number of sulfonamides is 1. The summed E-state index contributed by atoms with van der Waals surface area (Å²) in [5.74, 6) is 0.846. The lowest BCUT2D eigenvalue weighted by Crippen LogP contribution is -2.48. The first-order chi connectivity index (χ1) is 12.9. The summed E-state index contributed by atoms with van der Waals surface area (Å²) >= 11 is 0. The molecule has 0 bridgehead atoms. The van der Waals surface area contributed by atoms with Gasteiger partial charge in [0, 0.05) is 44.6 Å². The molecular weight excluding hydrogens is 366 g/mol. The average Bonchev–Trinajstić information content (AvgIpc) is 3.30. The molecule has 4 rings (SSSR count). The van der Waals surface area contributed by atoms with E-state index >= 15 is 0 Å². The normalized spacial score (nSPS) is 19.7. The molecule has 8 nitrogen and oxygen atoms in total. The van der Waals surface area contributed by atoms with Crippen molar-refractivity contribution in [1.29, 1.82) is 0 Å². The zero-order chi connectivity index (χ0) is 19.0. The summed E-state index contributed by atoms with van der Waals surface area (Å²) in [6, 6.07) is 4.15. The summed E-state index contributed by atoms with van der Waals surface area (Å²) in [4.78, 5) is 19.1. The van der Waals surface area contributed by atoms with Gasteiger partial charge in [0.25, 0.3) is 5.91 Å². The first kappa shape index (κ1) is 18.2. The minimum absolute atomic E-state index is 0.0853. The van der Waals surface area contributed by atoms with Crippen LogP contribution in [0.5, 0.6) is 0 Å². The van der Waals surface area contributed by atoms with Gasteiger partial charge in [-0.1, -0.05) is 12.8 Å². The number of anilines is 1. The van der Waals surface area contributed by atoms with E-state index < -0.39 is 10.0 Å². The van der Waals surface area contributed by atoms with Crippen molar-refractivity contribution in [2.24, 2.45) is 0 Å². The Morgan fingerprint density at radius 3 is 2.52 bits per heavy atom. The molecule has 9 heteroatoms. The molecule has 2 aromatic heterocycles. The molecule has 0 unspecified atom stereocenters. The molecule has 1 saturated heterocycles. The largest absolute Gasteiger partial charge is 0.355 e. The van der Waals surface area contributed by atoms with Gasteiger partial charge >= 0.3 is 0 Å². The van der Waals surface area contributed by atoms with Crippen molar-refractivity contribution in [2.45, 2.75) is 31.7 Å². The molecule has 1 N–H and O–H groups in total. The van der Waals surface area contributed by atoms with Gasteiger partial charge in [0.15, 0.2) is 0 Å². The summed E-state index contributed by atoms with van der Waals surface area (Å²) in [6.07, 6.45) is 9.11. The molecule has 3 heterocycles. The Kier molecular flexibility index (Phi) is 4.81. The minimum Gasteiger partial charge on any atom is -0.355 e. The molecule has 27 heavy (non-hydrogen) atoms. The average molecular weight is 391 g/mol. The minimum atomic E-state index is -3.16. The van der Waals surface area contributed by atoms with E-state index in [1.807, 2.05) is 22.7 Å². The maximum Gasteiger partial charge on any atom is 0.254 e. The molecule has 0 spiro atoms. The number of hydrogen-bond donors (Lipinski definition) is 1. The fourth-order valence-electron chi connectivity index (χ4n) is 3.94. The first-order valence-corrected chi connectivity index (χ1v) is 11.2. The zero-order valence-corrected chi connectivity index (χ0v) is 16.3. The predicted octanol–water partition coefficient (Wildman–Crippen LogP) is 1.09. The first-order valence-electron chi connectivity index (χ1n) is 9.40. The van der Waals surface area contributed by atoms with Crippen LogP contribution in [0, 0.1) is 0 Å². The highest BCUT2D eigenvalue weighted by molar-refractivity contribution is 7.88. The van der Waals surface area contributed by atoms with Crippen LogP contribution in [0.4, 0.5) is 5.82 Å². The van der Waals surface area contributed by atoms with Gasteiger partial charge in [-0.05, 0) is 25.0 Å². The van der Waals surface area contributed by atoms with Crippen LogP contribution in [0.15, 0.2) is 24.5 Å². The molecule has 1 saturated carbocycles. The fraction of sp³-hybridized carbons (Fsp3) is 0.556. The van der Waals surface area contributed by atoms with E-state index in [2.05, 4.69) is 15.2 Å². The number of aromatic nitrogens is 2. The van der Waals surface area contributed by atoms with E-state index in [-0.39, 0.29) is 11.9 Å². The fourth-order valence-corrected chi connectivity index (χ4v) is 4.76. The van der Waals surface area contributed by atoms with Gasteiger partial charge < -0.3 is 10.2 Å². The van der Waals surface area contributed by atoms with Gasteiger partial charge in [-0.2, -0.15) is 4.31 Å². The van der Waals surface area contributed by atoms with Crippen molar-refractivity contribution in [3.05, 3.63) is 30.1 Å². The Labute approximate surface area is 159 Å². The van der Waals surface area contributed by atoms with Crippen LogP contribution in [-0.4, -0.2) is 66.5 Å². The molecule has 0 aromatic carbocycles. The van der Waals surface area contributed by atoms with E-state index in [1.165, 1.54) is 23.4 Å². The number of fused-ring (bicyclic) bond motifs is 1. The number of amides is 1. The van der Waals surface area contributed by atoms with Crippen LogP contribution < -0.4 is 10.2 Å². The Morgan fingerprint density at radius 2 is 1.85 bits per heavy atom. The molecule has 1 aliphatic carbocycles. The van der Waals surface area contributed by atoms with Gasteiger partial charge in [0.05, 0.1) is 11.8 Å². The zero-order valence-electron chi connectivity index (χ0n) is 15.5. The van der Waals surface area contributed by atoms with E-state index in [4.69, 9.17) is 0 Å². The molecule has 2 aliphatic rings. The molecule has 2 aromatic rings. The molecule has 0 radical (unpaired) electrons. The monoisotopic (exact) mass is 391 g/mol. The van der Waals surface area contributed by atoms with Crippen molar-refractivity contribution in [1.82, 2.24) is 19.0 Å². The van der Waals surface area contributed by atoms with Crippen molar-refractivity contribution in [3.8, 4) is 0 Å². The van der Waals surface area contributed by atoms with Gasteiger partial charge in [0.2, 0.25) is 10.0 Å². The van der Waals surface area contributed by atoms with Crippen LogP contribution in [0.2, 0.25) is 0 Å². The van der Waals surface area contributed by atoms with Gasteiger partial charge in [-0.15, -0.1) is 0 Å². The molecule has 1 aliphatic heterocycles. The highest BCUT2D eigenvalue weighted by atomic mass is 32.2. The lowest BCUT2D eigenvalue weighted by atomic mass is 10.2. The number of carbonyl (C=O) groups excluding carboxylic acids is 1. The van der Waals surface area contributed by atoms with Crippen LogP contribution in [0.25, 0.3) is 5.65 Å². The van der Waals surface area contributed by atoms with E-state index in [1.54, 1.807) is 6.20 Å². The third kappa shape index (κ3) is 3.79. The molecule has 0 atom stereocenters. The molecule has 2 fully saturated rings. The smallest absolute Gasteiger partial charge is 0.254 e. The van der Waals surface area contributed by atoms with Crippen molar-refractivity contribution in [3.63, 3.8) is 0 Å². The highest BCUT2D eigenvalue weighted by Crippen LogP contribution is 2.22. The lowest BCUT2D eigenvalue weighted by Gasteiger charge is -2.34. The van der Waals surface area contributed by atoms with Crippen LogP contribution >= 0.6 is 0 Å².